The fourth-order valence-corrected chi connectivity index (χ4v) is 8.22. The minimum atomic E-state index is -4.44. The number of hydrogen-bond acceptors (Lipinski definition) is 8. The van der Waals surface area contributed by atoms with Gasteiger partial charge in [0.1, 0.15) is 30.6 Å². The molecule has 1 aliphatic carbocycles. The first kappa shape index (κ1) is 38.0. The van der Waals surface area contributed by atoms with Gasteiger partial charge >= 0.3 is 6.18 Å². The molecule has 0 amide bonds. The standard InChI is InChI=1S/C38H51F3N8O2Si/c1-6-46(7-2)24-28-18-30(38(39,40)41)20-33(19-28)51-32-8-13-47(14-9-32)31-21-37(22-31,11-12-42)49-25-29(23-45-49)35-34-10-15-48(36(34)44-26-43-35)27-50-16-17-52(3,4)5/h10,15,18-20,23,25-26,31-32H,6-9,11,13-14,16-17,21-22,24,27H2,1-5H3/t31-,37-. The third-order valence-electron chi connectivity index (χ3n) is 10.7. The summed E-state index contributed by atoms with van der Waals surface area (Å²) in [5, 5.41) is 15.5. The number of likely N-dealkylation sites (tertiary alicyclic amines) is 1. The van der Waals surface area contributed by atoms with Gasteiger partial charge in [-0.2, -0.15) is 23.5 Å². The third-order valence-corrected chi connectivity index (χ3v) is 12.4. The lowest BCUT2D eigenvalue weighted by Crippen LogP contribution is -2.58. The summed E-state index contributed by atoms with van der Waals surface area (Å²) in [6.07, 6.45) is 6.16. The summed E-state index contributed by atoms with van der Waals surface area (Å²) >= 11 is 0. The van der Waals surface area contributed by atoms with E-state index in [1.165, 1.54) is 6.07 Å². The predicted octanol–water partition coefficient (Wildman–Crippen LogP) is 7.78. The Bertz CT molecular complexity index is 1840. The lowest BCUT2D eigenvalue weighted by atomic mass is 9.69. The number of fused-ring (bicyclic) bond motifs is 1. The first-order chi connectivity index (χ1) is 24.8. The molecular weight excluding hydrogens is 686 g/mol. The van der Waals surface area contributed by atoms with Gasteiger partial charge in [0.15, 0.2) is 0 Å². The Balaban J connectivity index is 1.07. The van der Waals surface area contributed by atoms with E-state index < -0.39 is 25.4 Å². The lowest BCUT2D eigenvalue weighted by molar-refractivity contribution is -0.137. The second kappa shape index (κ2) is 15.7. The molecule has 0 bridgehead atoms. The zero-order valence-electron chi connectivity index (χ0n) is 31.0. The summed E-state index contributed by atoms with van der Waals surface area (Å²) in [5.74, 6) is 0.282. The summed E-state index contributed by atoms with van der Waals surface area (Å²) in [6.45, 7) is 15.7. The largest absolute Gasteiger partial charge is 0.490 e. The molecule has 10 nitrogen and oxygen atoms in total. The maximum Gasteiger partial charge on any atom is 0.416 e. The van der Waals surface area contributed by atoms with E-state index in [1.807, 2.05) is 47.8 Å². The van der Waals surface area contributed by atoms with E-state index in [0.29, 0.717) is 25.3 Å². The minimum absolute atomic E-state index is 0.157. The van der Waals surface area contributed by atoms with Crippen LogP contribution in [0.2, 0.25) is 25.7 Å². The van der Waals surface area contributed by atoms with E-state index in [-0.39, 0.29) is 17.9 Å². The molecule has 0 radical (unpaired) electrons. The fraction of sp³-hybridized carbons (Fsp3) is 0.579. The summed E-state index contributed by atoms with van der Waals surface area (Å²) in [4.78, 5) is 13.7. The van der Waals surface area contributed by atoms with Gasteiger partial charge in [-0.15, -0.1) is 0 Å². The highest BCUT2D eigenvalue weighted by Crippen LogP contribution is 2.46. The molecule has 14 heteroatoms. The van der Waals surface area contributed by atoms with Crippen LogP contribution in [-0.4, -0.2) is 87.1 Å². The van der Waals surface area contributed by atoms with Gasteiger partial charge in [0, 0.05) is 63.7 Å². The van der Waals surface area contributed by atoms with Crippen molar-refractivity contribution in [3.05, 3.63) is 60.3 Å². The zero-order chi connectivity index (χ0) is 37.1. The number of piperidine rings is 1. The number of nitrogens with zero attached hydrogens (tertiary/aromatic N) is 8. The average molecular weight is 737 g/mol. The fourth-order valence-electron chi connectivity index (χ4n) is 7.46. The van der Waals surface area contributed by atoms with Gasteiger partial charge < -0.3 is 14.0 Å². The van der Waals surface area contributed by atoms with Crippen LogP contribution in [0.3, 0.4) is 0 Å². The van der Waals surface area contributed by atoms with Crippen LogP contribution in [0.1, 0.15) is 57.1 Å². The van der Waals surface area contributed by atoms with Crippen LogP contribution < -0.4 is 4.74 Å². The second-order valence-electron chi connectivity index (χ2n) is 15.6. The predicted molar refractivity (Wildman–Crippen MR) is 197 cm³/mol. The Labute approximate surface area is 305 Å². The van der Waals surface area contributed by atoms with E-state index in [1.54, 1.807) is 12.4 Å². The van der Waals surface area contributed by atoms with Crippen molar-refractivity contribution in [1.29, 1.82) is 5.26 Å². The maximum atomic E-state index is 13.8. The molecule has 2 fully saturated rings. The van der Waals surface area contributed by atoms with Crippen LogP contribution in [0.4, 0.5) is 13.2 Å². The molecule has 280 valence electrons. The molecule has 3 aromatic heterocycles. The van der Waals surface area contributed by atoms with E-state index in [9.17, 15) is 18.4 Å². The number of ether oxygens (including phenoxy) is 2. The van der Waals surface area contributed by atoms with Crippen molar-refractivity contribution in [3.8, 4) is 23.1 Å². The highest BCUT2D eigenvalue weighted by molar-refractivity contribution is 6.76. The van der Waals surface area contributed by atoms with Gasteiger partial charge in [-0.05, 0) is 74.6 Å². The van der Waals surface area contributed by atoms with E-state index in [2.05, 4.69) is 45.5 Å². The third kappa shape index (κ3) is 8.70. The van der Waals surface area contributed by atoms with Gasteiger partial charge in [-0.3, -0.25) is 14.5 Å². The first-order valence-corrected chi connectivity index (χ1v) is 22.2. The summed E-state index contributed by atoms with van der Waals surface area (Å²) < 4.78 is 57.4. The average Bonchev–Trinajstić information content (AvgIpc) is 3.75. The van der Waals surface area contributed by atoms with Crippen molar-refractivity contribution in [2.75, 3.05) is 32.8 Å². The molecule has 1 aromatic carbocycles. The van der Waals surface area contributed by atoms with Crippen LogP contribution >= 0.6 is 0 Å². The van der Waals surface area contributed by atoms with Crippen LogP contribution in [0, 0.1) is 11.3 Å². The molecule has 1 aliphatic heterocycles. The summed E-state index contributed by atoms with van der Waals surface area (Å²) in [6, 6.07) is 9.93. The number of alkyl halides is 3. The molecule has 4 heterocycles. The van der Waals surface area contributed by atoms with Gasteiger partial charge in [0.25, 0.3) is 0 Å². The summed E-state index contributed by atoms with van der Waals surface area (Å²) in [5.41, 5.74) is 2.00. The Morgan fingerprint density at radius 2 is 1.83 bits per heavy atom. The van der Waals surface area contributed by atoms with Gasteiger partial charge in [0.05, 0.1) is 35.5 Å². The first-order valence-electron chi connectivity index (χ1n) is 18.4. The Hall–Kier alpha value is -3.77. The lowest BCUT2D eigenvalue weighted by Gasteiger charge is -2.52. The highest BCUT2D eigenvalue weighted by atomic mass is 28.3. The molecule has 1 saturated heterocycles. The van der Waals surface area contributed by atoms with E-state index in [0.717, 1.165) is 92.9 Å². The Morgan fingerprint density at radius 1 is 1.08 bits per heavy atom. The number of hydrogen-bond donors (Lipinski definition) is 0. The van der Waals surface area contributed by atoms with Crippen molar-refractivity contribution in [2.45, 2.75) is 109 Å². The Kier molecular flexibility index (Phi) is 11.4. The molecular formula is C38H51F3N8O2Si. The van der Waals surface area contributed by atoms with E-state index >= 15 is 0 Å². The zero-order valence-corrected chi connectivity index (χ0v) is 32.0. The number of aromatic nitrogens is 5. The van der Waals surface area contributed by atoms with Crippen LogP contribution in [0.15, 0.2) is 49.2 Å². The molecule has 1 saturated carbocycles. The Morgan fingerprint density at radius 3 is 2.50 bits per heavy atom. The SMILES string of the molecule is CCN(CC)Cc1cc(OC2CCN([C@H]3C[C@](CC#N)(n4cc(-c5ncnc6c5ccn6COCC[Si](C)(C)C)cn4)C3)CC2)cc(C(F)(F)F)c1. The molecule has 2 aliphatic rings. The normalized spacial score (nSPS) is 20.3. The number of nitriles is 1. The molecule has 6 rings (SSSR count). The minimum Gasteiger partial charge on any atom is -0.490 e. The van der Waals surface area contributed by atoms with Gasteiger partial charge in [-0.25, -0.2) is 9.97 Å². The molecule has 0 atom stereocenters. The van der Waals surface area contributed by atoms with Gasteiger partial charge in [0.2, 0.25) is 0 Å². The van der Waals surface area contributed by atoms with Crippen molar-refractivity contribution >= 4 is 19.1 Å². The maximum absolute atomic E-state index is 13.8. The quantitative estimate of drug-likeness (QED) is 0.0902. The molecule has 52 heavy (non-hydrogen) atoms. The van der Waals surface area contributed by atoms with Crippen molar-refractivity contribution in [1.82, 2.24) is 34.1 Å². The number of halogens is 3. The van der Waals surface area contributed by atoms with Crippen LogP contribution in [0.5, 0.6) is 5.75 Å². The molecule has 4 aromatic rings. The van der Waals surface area contributed by atoms with Crippen LogP contribution in [0.25, 0.3) is 22.3 Å². The van der Waals surface area contributed by atoms with Crippen molar-refractivity contribution in [2.24, 2.45) is 0 Å². The number of rotatable bonds is 15. The molecule has 0 N–H and O–H groups in total. The number of benzene rings is 1. The molecule has 0 spiro atoms. The second-order valence-corrected chi connectivity index (χ2v) is 21.2. The van der Waals surface area contributed by atoms with Crippen molar-refractivity contribution < 1.29 is 22.6 Å². The van der Waals surface area contributed by atoms with Crippen LogP contribution in [-0.2, 0) is 29.7 Å². The molecule has 0 unspecified atom stereocenters. The smallest absolute Gasteiger partial charge is 0.416 e. The topological polar surface area (TPSA) is 97.3 Å². The monoisotopic (exact) mass is 736 g/mol. The van der Waals surface area contributed by atoms with Gasteiger partial charge in [-0.1, -0.05) is 33.5 Å². The van der Waals surface area contributed by atoms with Crippen molar-refractivity contribution in [3.63, 3.8) is 0 Å². The highest BCUT2D eigenvalue weighted by Gasteiger charge is 2.49. The summed E-state index contributed by atoms with van der Waals surface area (Å²) in [7, 11) is -1.18. The van der Waals surface area contributed by atoms with E-state index in [4.69, 9.17) is 14.6 Å².